The van der Waals surface area contributed by atoms with Crippen LogP contribution in [-0.4, -0.2) is 21.7 Å². The Morgan fingerprint density at radius 1 is 1.53 bits per heavy atom. The molecular formula is C10H15ClN4O2. The number of carbonyl (C=O) groups is 1. The van der Waals surface area contributed by atoms with Gasteiger partial charge in [0.05, 0.1) is 12.2 Å². The Kier molecular flexibility index (Phi) is 4.11. The number of rotatable bonds is 2. The van der Waals surface area contributed by atoms with Crippen molar-refractivity contribution in [1.29, 1.82) is 0 Å². The summed E-state index contributed by atoms with van der Waals surface area (Å²) in [5.41, 5.74) is 5.40. The smallest absolute Gasteiger partial charge is 0.407 e. The molecule has 1 aromatic heterocycles. The van der Waals surface area contributed by atoms with Crippen LogP contribution in [0.1, 0.15) is 26.5 Å². The Morgan fingerprint density at radius 3 is 2.71 bits per heavy atom. The molecule has 3 N–H and O–H groups in total. The van der Waals surface area contributed by atoms with Crippen LogP contribution in [0.2, 0.25) is 5.15 Å². The van der Waals surface area contributed by atoms with Crippen molar-refractivity contribution in [3.05, 3.63) is 16.9 Å². The predicted molar refractivity (Wildman–Crippen MR) is 64.5 cm³/mol. The van der Waals surface area contributed by atoms with E-state index in [2.05, 4.69) is 15.3 Å². The molecule has 0 saturated heterocycles. The van der Waals surface area contributed by atoms with E-state index in [1.165, 1.54) is 6.07 Å². The van der Waals surface area contributed by atoms with Crippen molar-refractivity contribution in [2.45, 2.75) is 32.9 Å². The fourth-order valence-corrected chi connectivity index (χ4v) is 1.26. The van der Waals surface area contributed by atoms with Crippen molar-refractivity contribution in [1.82, 2.24) is 15.3 Å². The summed E-state index contributed by atoms with van der Waals surface area (Å²) in [7, 11) is 0. The monoisotopic (exact) mass is 258 g/mol. The largest absolute Gasteiger partial charge is 0.444 e. The third kappa shape index (κ3) is 5.35. The number of amides is 1. The molecule has 1 amide bonds. The summed E-state index contributed by atoms with van der Waals surface area (Å²) in [6, 6.07) is 1.52. The summed E-state index contributed by atoms with van der Waals surface area (Å²) >= 11 is 5.70. The third-order valence-electron chi connectivity index (χ3n) is 1.58. The van der Waals surface area contributed by atoms with Crippen LogP contribution in [0.3, 0.4) is 0 Å². The quantitative estimate of drug-likeness (QED) is 0.789. The van der Waals surface area contributed by atoms with Crippen molar-refractivity contribution in [3.63, 3.8) is 0 Å². The Labute approximate surface area is 105 Å². The maximum Gasteiger partial charge on any atom is 0.407 e. The fourth-order valence-electron chi connectivity index (χ4n) is 1.05. The minimum absolute atomic E-state index is 0.0680. The molecule has 0 saturated carbocycles. The van der Waals surface area contributed by atoms with E-state index < -0.39 is 11.7 Å². The van der Waals surface area contributed by atoms with E-state index >= 15 is 0 Å². The van der Waals surface area contributed by atoms with Crippen molar-refractivity contribution < 1.29 is 9.53 Å². The van der Waals surface area contributed by atoms with Gasteiger partial charge in [0.2, 0.25) is 5.95 Å². The van der Waals surface area contributed by atoms with E-state index in [1.807, 2.05) is 0 Å². The van der Waals surface area contributed by atoms with E-state index in [4.69, 9.17) is 22.1 Å². The van der Waals surface area contributed by atoms with Gasteiger partial charge in [-0.15, -0.1) is 0 Å². The minimum atomic E-state index is -0.535. The molecular weight excluding hydrogens is 244 g/mol. The second-order valence-electron chi connectivity index (χ2n) is 4.40. The molecule has 0 spiro atoms. The van der Waals surface area contributed by atoms with Crippen LogP contribution in [0.15, 0.2) is 6.07 Å². The van der Waals surface area contributed by atoms with Crippen LogP contribution in [0.25, 0.3) is 0 Å². The van der Waals surface area contributed by atoms with E-state index in [0.29, 0.717) is 5.69 Å². The van der Waals surface area contributed by atoms with Crippen LogP contribution < -0.4 is 11.1 Å². The van der Waals surface area contributed by atoms with Crippen LogP contribution >= 0.6 is 11.6 Å². The van der Waals surface area contributed by atoms with Crippen LogP contribution in [0.4, 0.5) is 10.7 Å². The van der Waals surface area contributed by atoms with E-state index in [1.54, 1.807) is 20.8 Å². The molecule has 1 heterocycles. The van der Waals surface area contributed by atoms with Crippen molar-refractivity contribution >= 4 is 23.6 Å². The zero-order valence-corrected chi connectivity index (χ0v) is 10.7. The molecule has 0 bridgehead atoms. The van der Waals surface area contributed by atoms with Gasteiger partial charge in [-0.25, -0.2) is 14.8 Å². The van der Waals surface area contributed by atoms with Gasteiger partial charge in [0.15, 0.2) is 0 Å². The number of aromatic nitrogens is 2. The lowest BCUT2D eigenvalue weighted by Gasteiger charge is -2.19. The van der Waals surface area contributed by atoms with Gasteiger partial charge < -0.3 is 15.8 Å². The van der Waals surface area contributed by atoms with E-state index in [9.17, 15) is 4.79 Å². The SMILES string of the molecule is CC(C)(C)OC(=O)NCc1cc(Cl)nc(N)n1. The van der Waals surface area contributed by atoms with Crippen molar-refractivity contribution in [2.75, 3.05) is 5.73 Å². The average Bonchev–Trinajstić information content (AvgIpc) is 2.10. The second kappa shape index (κ2) is 5.18. The summed E-state index contributed by atoms with van der Waals surface area (Å²) in [5.74, 6) is 0.0680. The van der Waals surface area contributed by atoms with Gasteiger partial charge in [0, 0.05) is 0 Å². The first-order chi connectivity index (χ1) is 7.76. The maximum atomic E-state index is 11.4. The molecule has 17 heavy (non-hydrogen) atoms. The first-order valence-electron chi connectivity index (χ1n) is 5.02. The fraction of sp³-hybridized carbons (Fsp3) is 0.500. The van der Waals surface area contributed by atoms with Gasteiger partial charge in [0.25, 0.3) is 0 Å². The first kappa shape index (κ1) is 13.5. The normalized spacial score (nSPS) is 11.1. The van der Waals surface area contributed by atoms with Gasteiger partial charge in [-0.3, -0.25) is 0 Å². The molecule has 0 aliphatic rings. The highest BCUT2D eigenvalue weighted by molar-refractivity contribution is 6.29. The van der Waals surface area contributed by atoms with Gasteiger partial charge >= 0.3 is 6.09 Å². The topological polar surface area (TPSA) is 90.1 Å². The van der Waals surface area contributed by atoms with Gasteiger partial charge in [-0.1, -0.05) is 11.6 Å². The number of halogens is 1. The number of carbonyl (C=O) groups excluding carboxylic acids is 1. The highest BCUT2D eigenvalue weighted by Gasteiger charge is 2.15. The Morgan fingerprint density at radius 2 is 2.18 bits per heavy atom. The maximum absolute atomic E-state index is 11.4. The molecule has 0 aromatic carbocycles. The minimum Gasteiger partial charge on any atom is -0.444 e. The van der Waals surface area contributed by atoms with Gasteiger partial charge in [0.1, 0.15) is 10.8 Å². The Bertz CT molecular complexity index is 397. The van der Waals surface area contributed by atoms with Crippen LogP contribution in [0, 0.1) is 0 Å². The Balaban J connectivity index is 2.53. The number of nitrogens with zero attached hydrogens (tertiary/aromatic N) is 2. The van der Waals surface area contributed by atoms with Crippen LogP contribution in [-0.2, 0) is 11.3 Å². The lowest BCUT2D eigenvalue weighted by atomic mass is 10.2. The molecule has 6 nitrogen and oxygen atoms in total. The number of anilines is 1. The van der Waals surface area contributed by atoms with E-state index in [-0.39, 0.29) is 17.6 Å². The standard InChI is InChI=1S/C10H15ClN4O2/c1-10(2,3)17-9(16)13-5-6-4-7(11)15-8(12)14-6/h4H,5H2,1-3H3,(H,13,16)(H2,12,14,15). The zero-order valence-electron chi connectivity index (χ0n) is 9.95. The summed E-state index contributed by atoms with van der Waals surface area (Å²) in [4.78, 5) is 19.0. The summed E-state index contributed by atoms with van der Waals surface area (Å²) in [5, 5.41) is 2.78. The summed E-state index contributed by atoms with van der Waals surface area (Å²) in [6.45, 7) is 5.53. The highest BCUT2D eigenvalue weighted by Crippen LogP contribution is 2.09. The van der Waals surface area contributed by atoms with Gasteiger partial charge in [-0.2, -0.15) is 0 Å². The number of hydrogen-bond acceptors (Lipinski definition) is 5. The number of nitrogens with one attached hydrogen (secondary N) is 1. The highest BCUT2D eigenvalue weighted by atomic mass is 35.5. The number of hydrogen-bond donors (Lipinski definition) is 2. The molecule has 0 fully saturated rings. The number of nitrogens with two attached hydrogens (primary N) is 1. The molecule has 1 aromatic rings. The molecule has 94 valence electrons. The molecule has 0 atom stereocenters. The lowest BCUT2D eigenvalue weighted by molar-refractivity contribution is 0.0523. The number of ether oxygens (including phenoxy) is 1. The molecule has 0 radical (unpaired) electrons. The Hall–Kier alpha value is -1.56. The number of alkyl carbamates (subject to hydrolysis) is 1. The molecule has 7 heteroatoms. The zero-order chi connectivity index (χ0) is 13.1. The third-order valence-corrected chi connectivity index (χ3v) is 1.77. The molecule has 0 unspecified atom stereocenters. The predicted octanol–water partition coefficient (Wildman–Crippen LogP) is 1.74. The van der Waals surface area contributed by atoms with Crippen molar-refractivity contribution in [2.24, 2.45) is 0 Å². The van der Waals surface area contributed by atoms with Crippen molar-refractivity contribution in [3.8, 4) is 0 Å². The summed E-state index contributed by atoms with van der Waals surface area (Å²) < 4.78 is 5.06. The number of nitrogen functional groups attached to an aromatic ring is 1. The molecule has 0 aliphatic carbocycles. The van der Waals surface area contributed by atoms with Gasteiger partial charge in [-0.05, 0) is 26.8 Å². The average molecular weight is 259 g/mol. The summed E-state index contributed by atoms with van der Waals surface area (Å²) in [6.07, 6.45) is -0.522. The second-order valence-corrected chi connectivity index (χ2v) is 4.78. The van der Waals surface area contributed by atoms with E-state index in [0.717, 1.165) is 0 Å². The lowest BCUT2D eigenvalue weighted by Crippen LogP contribution is -2.32. The van der Waals surface area contributed by atoms with Crippen LogP contribution in [0.5, 0.6) is 0 Å². The molecule has 0 aliphatic heterocycles. The molecule has 1 rings (SSSR count). The first-order valence-corrected chi connectivity index (χ1v) is 5.40.